The van der Waals surface area contributed by atoms with Crippen molar-refractivity contribution in [3.8, 4) is 5.75 Å². The fraction of sp³-hybridized carbons (Fsp3) is 0.393. The van der Waals surface area contributed by atoms with Gasteiger partial charge in [-0.25, -0.2) is 9.78 Å². The van der Waals surface area contributed by atoms with Crippen LogP contribution in [0.4, 0.5) is 29.3 Å². The fourth-order valence-corrected chi connectivity index (χ4v) is 5.63. The van der Waals surface area contributed by atoms with Gasteiger partial charge in [0.2, 0.25) is 0 Å². The molecule has 3 atom stereocenters. The van der Waals surface area contributed by atoms with E-state index in [1.165, 1.54) is 52.1 Å². The van der Waals surface area contributed by atoms with Crippen molar-refractivity contribution in [2.24, 2.45) is 13.0 Å². The van der Waals surface area contributed by atoms with Gasteiger partial charge >= 0.3 is 12.2 Å². The Labute approximate surface area is 252 Å². The van der Waals surface area contributed by atoms with E-state index in [2.05, 4.69) is 15.0 Å². The highest BCUT2D eigenvalue weighted by Crippen LogP contribution is 2.36. The van der Waals surface area contributed by atoms with Crippen molar-refractivity contribution >= 4 is 33.3 Å². The molecule has 1 aromatic heterocycles. The second-order valence-corrected chi connectivity index (χ2v) is 12.3. The van der Waals surface area contributed by atoms with Crippen LogP contribution in [-0.4, -0.2) is 83.7 Å². The summed E-state index contributed by atoms with van der Waals surface area (Å²) in [5, 5.41) is 12.2. The Balaban J connectivity index is 1.64. The zero-order valence-corrected chi connectivity index (χ0v) is 25.2. The number of sulfonamides is 1. The molecule has 0 bridgehead atoms. The summed E-state index contributed by atoms with van der Waals surface area (Å²) in [6.45, 7) is 3.20. The number of fused-ring (bicyclic) bond motifs is 1. The number of nitrogens with one attached hydrogen (secondary N) is 2. The summed E-state index contributed by atoms with van der Waals surface area (Å²) in [5.74, 6) is -0.984. The lowest BCUT2D eigenvalue weighted by molar-refractivity contribution is -0.137. The molecule has 1 aliphatic rings. The molecule has 0 fully saturated rings. The van der Waals surface area contributed by atoms with Crippen molar-refractivity contribution in [3.63, 3.8) is 0 Å². The number of para-hydroxylation sites is 1. The number of alkyl halides is 3. The Morgan fingerprint density at radius 3 is 2.50 bits per heavy atom. The maximum absolute atomic E-state index is 13.6. The molecule has 238 valence electrons. The van der Waals surface area contributed by atoms with E-state index in [1.54, 1.807) is 20.9 Å². The number of aliphatic hydroxyl groups is 1. The first kappa shape index (κ1) is 32.6. The average Bonchev–Trinajstić information content (AvgIpc) is 3.41. The molecule has 0 aliphatic carbocycles. The lowest BCUT2D eigenvalue weighted by atomic mass is 9.99. The molecule has 0 radical (unpaired) electrons. The van der Waals surface area contributed by atoms with Crippen LogP contribution >= 0.6 is 0 Å². The van der Waals surface area contributed by atoms with Crippen molar-refractivity contribution in [2.45, 2.75) is 37.2 Å². The van der Waals surface area contributed by atoms with E-state index in [0.29, 0.717) is 0 Å². The van der Waals surface area contributed by atoms with Gasteiger partial charge in [0.25, 0.3) is 15.9 Å². The molecule has 2 heterocycles. The van der Waals surface area contributed by atoms with Crippen LogP contribution in [0, 0.1) is 5.92 Å². The second-order valence-electron chi connectivity index (χ2n) is 10.7. The van der Waals surface area contributed by atoms with E-state index in [0.717, 1.165) is 24.3 Å². The molecule has 1 aliphatic heterocycles. The number of imidazole rings is 1. The van der Waals surface area contributed by atoms with Gasteiger partial charge in [0, 0.05) is 38.4 Å². The monoisotopic (exact) mass is 638 g/mol. The molecular weight excluding hydrogens is 605 g/mol. The topological polar surface area (TPSA) is 146 Å². The standard InChI is InChI=1S/C28H33F3N6O6S/c1-17-12-37(18(2)15-38)26(39)21-6-5-7-22(34-44(41,42)24-14-35(3)16-32-24)25(21)43-23(17)13-36(4)27(40)33-20-10-8-19(9-11-20)28(29,30)31/h5-11,14,16-18,23,34,38H,12-13,15H2,1-4H3,(H,33,40)/t17-,18-,23-/m1/s1. The highest BCUT2D eigenvalue weighted by molar-refractivity contribution is 7.92. The number of hydrogen-bond acceptors (Lipinski definition) is 7. The van der Waals surface area contributed by atoms with Gasteiger partial charge in [0.1, 0.15) is 6.10 Å². The molecular formula is C28H33F3N6O6S. The molecule has 12 nitrogen and oxygen atoms in total. The Bertz CT molecular complexity index is 1610. The van der Waals surface area contributed by atoms with Crippen LogP contribution in [0.2, 0.25) is 0 Å². The molecule has 0 unspecified atom stereocenters. The zero-order chi connectivity index (χ0) is 32.4. The largest absolute Gasteiger partial charge is 0.485 e. The van der Waals surface area contributed by atoms with E-state index in [-0.39, 0.29) is 47.4 Å². The number of benzene rings is 2. The summed E-state index contributed by atoms with van der Waals surface area (Å²) in [6.07, 6.45) is -2.68. The van der Waals surface area contributed by atoms with Crippen molar-refractivity contribution in [2.75, 3.05) is 36.8 Å². The van der Waals surface area contributed by atoms with Gasteiger partial charge in [-0.3, -0.25) is 9.52 Å². The van der Waals surface area contributed by atoms with Crippen LogP contribution < -0.4 is 14.8 Å². The van der Waals surface area contributed by atoms with Crippen molar-refractivity contribution in [3.05, 3.63) is 66.1 Å². The highest BCUT2D eigenvalue weighted by atomic mass is 32.2. The molecule has 0 spiro atoms. The van der Waals surface area contributed by atoms with E-state index < -0.39 is 51.8 Å². The first-order valence-electron chi connectivity index (χ1n) is 13.5. The van der Waals surface area contributed by atoms with Crippen LogP contribution in [0.5, 0.6) is 5.75 Å². The number of aliphatic hydroxyl groups excluding tert-OH is 1. The summed E-state index contributed by atoms with van der Waals surface area (Å²) in [5.41, 5.74) is -0.703. The van der Waals surface area contributed by atoms with Gasteiger partial charge in [-0.1, -0.05) is 13.0 Å². The summed E-state index contributed by atoms with van der Waals surface area (Å²) < 4.78 is 75.2. The second kappa shape index (κ2) is 12.7. The van der Waals surface area contributed by atoms with Crippen LogP contribution in [0.3, 0.4) is 0 Å². The number of aromatic nitrogens is 2. The quantitative estimate of drug-likeness (QED) is 0.342. The molecule has 16 heteroatoms. The van der Waals surface area contributed by atoms with Crippen LogP contribution in [0.15, 0.2) is 60.0 Å². The molecule has 44 heavy (non-hydrogen) atoms. The third-order valence-corrected chi connectivity index (χ3v) is 8.41. The average molecular weight is 639 g/mol. The van der Waals surface area contributed by atoms with Gasteiger partial charge in [-0.2, -0.15) is 21.6 Å². The lowest BCUT2D eigenvalue weighted by Crippen LogP contribution is -2.50. The van der Waals surface area contributed by atoms with Gasteiger partial charge in [0.15, 0.2) is 10.8 Å². The molecule has 3 N–H and O–H groups in total. The van der Waals surface area contributed by atoms with Crippen LogP contribution in [0.25, 0.3) is 0 Å². The number of carbonyl (C=O) groups excluding carboxylic acids is 2. The normalized spacial score (nSPS) is 18.0. The maximum Gasteiger partial charge on any atom is 0.416 e. The van der Waals surface area contributed by atoms with Crippen LogP contribution in [0.1, 0.15) is 29.8 Å². The number of urea groups is 1. The van der Waals surface area contributed by atoms with Crippen molar-refractivity contribution < 1.29 is 41.0 Å². The highest BCUT2D eigenvalue weighted by Gasteiger charge is 2.36. The number of ether oxygens (including phenoxy) is 1. The van der Waals surface area contributed by atoms with Crippen LogP contribution in [-0.2, 0) is 23.2 Å². The number of aryl methyl sites for hydroxylation is 1. The summed E-state index contributed by atoms with van der Waals surface area (Å²) in [4.78, 5) is 33.3. The Hall–Kier alpha value is -4.31. The zero-order valence-electron chi connectivity index (χ0n) is 24.4. The molecule has 3 aromatic rings. The van der Waals surface area contributed by atoms with E-state index >= 15 is 0 Å². The van der Waals surface area contributed by atoms with E-state index in [9.17, 15) is 36.3 Å². The molecule has 3 amide bonds. The predicted molar refractivity (Wildman–Crippen MR) is 155 cm³/mol. The first-order valence-corrected chi connectivity index (χ1v) is 15.0. The van der Waals surface area contributed by atoms with Gasteiger partial charge in [-0.05, 0) is 43.3 Å². The minimum Gasteiger partial charge on any atom is -0.485 e. The number of carbonyl (C=O) groups is 2. The molecule has 4 rings (SSSR count). The molecule has 2 aromatic carbocycles. The van der Waals surface area contributed by atoms with Gasteiger partial charge < -0.3 is 29.5 Å². The number of likely N-dealkylation sites (N-methyl/N-ethyl adjacent to an activating group) is 1. The van der Waals surface area contributed by atoms with Crippen molar-refractivity contribution in [1.82, 2.24) is 19.4 Å². The fourth-order valence-electron chi connectivity index (χ4n) is 4.58. The van der Waals surface area contributed by atoms with Gasteiger partial charge in [-0.15, -0.1) is 0 Å². The van der Waals surface area contributed by atoms with E-state index in [1.807, 2.05) is 0 Å². The number of anilines is 2. The number of halogens is 3. The first-order chi connectivity index (χ1) is 20.6. The Morgan fingerprint density at radius 2 is 1.91 bits per heavy atom. The number of rotatable bonds is 8. The molecule has 0 saturated heterocycles. The summed E-state index contributed by atoms with van der Waals surface area (Å²) in [7, 11) is -1.11. The molecule has 0 saturated carbocycles. The van der Waals surface area contributed by atoms with Gasteiger partial charge in [0.05, 0.1) is 42.3 Å². The third kappa shape index (κ3) is 7.24. The minimum atomic E-state index is -4.52. The SMILES string of the molecule is C[C@@H]1CN([C@H](C)CO)C(=O)c2cccc(NS(=O)(=O)c3cn(C)cn3)c2O[C@@H]1CN(C)C(=O)Nc1ccc(C(F)(F)F)cc1. The van der Waals surface area contributed by atoms with E-state index in [4.69, 9.17) is 4.74 Å². The Morgan fingerprint density at radius 1 is 1.23 bits per heavy atom. The Kier molecular flexibility index (Phi) is 9.44. The third-order valence-electron chi connectivity index (χ3n) is 7.16. The minimum absolute atomic E-state index is 0.0333. The maximum atomic E-state index is 13.6. The predicted octanol–water partition coefficient (Wildman–Crippen LogP) is 3.62. The number of nitrogens with zero attached hydrogens (tertiary/aromatic N) is 4. The smallest absolute Gasteiger partial charge is 0.416 e. The lowest BCUT2D eigenvalue weighted by Gasteiger charge is -2.38. The summed E-state index contributed by atoms with van der Waals surface area (Å²) in [6, 6.07) is 7.15. The summed E-state index contributed by atoms with van der Waals surface area (Å²) >= 11 is 0. The van der Waals surface area contributed by atoms with Crippen molar-refractivity contribution in [1.29, 1.82) is 0 Å². The number of amides is 3. The number of hydrogen-bond donors (Lipinski definition) is 3.